The van der Waals surface area contributed by atoms with E-state index in [4.69, 9.17) is 4.74 Å². The number of ether oxygens (including phenoxy) is 1. The van der Waals surface area contributed by atoms with Crippen LogP contribution in [0.25, 0.3) is 0 Å². The maximum Gasteiger partial charge on any atom is 0.0582 e. The van der Waals surface area contributed by atoms with E-state index in [-0.39, 0.29) is 0 Å². The molecule has 0 bridgehead atoms. The third-order valence-electron chi connectivity index (χ3n) is 4.24. The van der Waals surface area contributed by atoms with E-state index in [0.29, 0.717) is 6.04 Å². The third kappa shape index (κ3) is 3.17. The lowest BCUT2D eigenvalue weighted by atomic mass is 9.82. The van der Waals surface area contributed by atoms with Crippen LogP contribution in [-0.4, -0.2) is 20.3 Å². The van der Waals surface area contributed by atoms with Gasteiger partial charge in [-0.25, -0.2) is 0 Å². The Bertz CT molecular complexity index is 548. The minimum atomic E-state index is 0.327. The van der Waals surface area contributed by atoms with Crippen molar-refractivity contribution in [1.82, 2.24) is 5.32 Å². The minimum absolute atomic E-state index is 0.327. The number of methoxy groups -OCH3 is 1. The Kier molecular flexibility index (Phi) is 4.69. The van der Waals surface area contributed by atoms with E-state index in [1.165, 1.54) is 22.3 Å². The van der Waals surface area contributed by atoms with E-state index in [0.717, 1.165) is 32.4 Å². The normalized spacial score (nSPS) is 13.8. The second kappa shape index (κ2) is 6.88. The average molecular weight is 281 g/mol. The zero-order chi connectivity index (χ0) is 14.5. The van der Waals surface area contributed by atoms with Gasteiger partial charge in [0.2, 0.25) is 0 Å². The summed E-state index contributed by atoms with van der Waals surface area (Å²) in [5, 5.41) is 3.74. The van der Waals surface area contributed by atoms with Crippen LogP contribution in [0.1, 0.15) is 41.1 Å². The highest BCUT2D eigenvalue weighted by Gasteiger charge is 2.23. The molecule has 0 heterocycles. The van der Waals surface area contributed by atoms with Crippen LogP contribution in [0.2, 0.25) is 0 Å². The van der Waals surface area contributed by atoms with Gasteiger partial charge in [0, 0.05) is 13.7 Å². The Labute approximate surface area is 127 Å². The van der Waals surface area contributed by atoms with E-state index in [9.17, 15) is 0 Å². The summed E-state index contributed by atoms with van der Waals surface area (Å²) in [7, 11) is 1.76. The second-order valence-electron chi connectivity index (χ2n) is 5.66. The molecule has 0 aromatic heterocycles. The maximum absolute atomic E-state index is 5.12. The lowest BCUT2D eigenvalue weighted by molar-refractivity contribution is 0.192. The van der Waals surface area contributed by atoms with Crippen LogP contribution in [0.4, 0.5) is 0 Å². The number of nitrogens with one attached hydrogen (secondary N) is 1. The van der Waals surface area contributed by atoms with Gasteiger partial charge in [-0.1, -0.05) is 48.5 Å². The predicted molar refractivity (Wildman–Crippen MR) is 86.6 cm³/mol. The number of hydrogen-bond donors (Lipinski definition) is 1. The molecule has 0 amide bonds. The van der Waals surface area contributed by atoms with E-state index in [2.05, 4.69) is 53.8 Å². The van der Waals surface area contributed by atoms with Crippen LogP contribution < -0.4 is 5.32 Å². The zero-order valence-corrected chi connectivity index (χ0v) is 12.6. The molecule has 2 heteroatoms. The topological polar surface area (TPSA) is 21.3 Å². The van der Waals surface area contributed by atoms with Crippen molar-refractivity contribution in [3.05, 3.63) is 70.8 Å². The van der Waals surface area contributed by atoms with Gasteiger partial charge in [0.25, 0.3) is 0 Å². The van der Waals surface area contributed by atoms with E-state index < -0.39 is 0 Å². The number of unbranched alkanes of at least 4 members (excludes halogenated alkanes) is 1. The summed E-state index contributed by atoms with van der Waals surface area (Å²) in [6.45, 7) is 1.87. The van der Waals surface area contributed by atoms with Crippen molar-refractivity contribution in [3.63, 3.8) is 0 Å². The molecule has 2 aromatic rings. The van der Waals surface area contributed by atoms with Crippen molar-refractivity contribution in [2.45, 2.75) is 25.3 Å². The summed E-state index contributed by atoms with van der Waals surface area (Å²) in [6.07, 6.45) is 3.31. The van der Waals surface area contributed by atoms with Gasteiger partial charge in [0.05, 0.1) is 6.04 Å². The standard InChI is InChI=1S/C19H23NO/c1-21-13-7-6-12-20-19-17-10-4-2-8-15(17)14-16-9-3-5-11-18(16)19/h2-5,8-11,19-20H,6-7,12-14H2,1H3. The highest BCUT2D eigenvalue weighted by molar-refractivity contribution is 5.48. The number of hydrogen-bond acceptors (Lipinski definition) is 2. The summed E-state index contributed by atoms with van der Waals surface area (Å²) in [5.41, 5.74) is 5.77. The van der Waals surface area contributed by atoms with Crippen molar-refractivity contribution in [2.75, 3.05) is 20.3 Å². The molecule has 0 saturated carbocycles. The first kappa shape index (κ1) is 14.3. The van der Waals surface area contributed by atoms with Crippen LogP contribution in [0.3, 0.4) is 0 Å². The molecular weight excluding hydrogens is 258 g/mol. The van der Waals surface area contributed by atoms with Gasteiger partial charge in [-0.15, -0.1) is 0 Å². The quantitative estimate of drug-likeness (QED) is 0.815. The van der Waals surface area contributed by atoms with E-state index in [1.807, 2.05) is 0 Å². The molecule has 1 aliphatic carbocycles. The van der Waals surface area contributed by atoms with Crippen molar-refractivity contribution >= 4 is 0 Å². The Balaban J connectivity index is 1.78. The minimum Gasteiger partial charge on any atom is -0.385 e. The van der Waals surface area contributed by atoms with Gasteiger partial charge in [0.15, 0.2) is 0 Å². The van der Waals surface area contributed by atoms with Crippen molar-refractivity contribution in [1.29, 1.82) is 0 Å². The molecule has 1 aliphatic rings. The summed E-state index contributed by atoms with van der Waals surface area (Å²) >= 11 is 0. The Morgan fingerprint density at radius 2 is 1.57 bits per heavy atom. The lowest BCUT2D eigenvalue weighted by Crippen LogP contribution is -2.28. The maximum atomic E-state index is 5.12. The summed E-state index contributed by atoms with van der Waals surface area (Å²) < 4.78 is 5.12. The van der Waals surface area contributed by atoms with Gasteiger partial charge < -0.3 is 10.1 Å². The Hall–Kier alpha value is -1.64. The molecule has 0 spiro atoms. The molecule has 0 aliphatic heterocycles. The van der Waals surface area contributed by atoms with Gasteiger partial charge in [-0.3, -0.25) is 0 Å². The van der Waals surface area contributed by atoms with Gasteiger partial charge in [-0.2, -0.15) is 0 Å². The molecule has 2 nitrogen and oxygen atoms in total. The molecule has 0 saturated heterocycles. The van der Waals surface area contributed by atoms with Crippen LogP contribution >= 0.6 is 0 Å². The van der Waals surface area contributed by atoms with Gasteiger partial charge in [-0.05, 0) is 48.1 Å². The molecule has 0 unspecified atom stereocenters. The molecule has 0 radical (unpaired) electrons. The van der Waals surface area contributed by atoms with E-state index >= 15 is 0 Å². The van der Waals surface area contributed by atoms with Crippen molar-refractivity contribution < 1.29 is 4.74 Å². The SMILES string of the molecule is COCCCCNC1c2ccccc2Cc2ccccc21. The number of fused-ring (bicyclic) bond motifs is 2. The molecular formula is C19H23NO. The first-order chi connectivity index (χ1) is 10.4. The number of benzene rings is 2. The summed E-state index contributed by atoms with van der Waals surface area (Å²) in [4.78, 5) is 0. The molecule has 0 atom stereocenters. The molecule has 110 valence electrons. The molecule has 3 rings (SSSR count). The predicted octanol–water partition coefficient (Wildman–Crippen LogP) is 3.70. The van der Waals surface area contributed by atoms with E-state index in [1.54, 1.807) is 7.11 Å². The van der Waals surface area contributed by atoms with Gasteiger partial charge in [0.1, 0.15) is 0 Å². The van der Waals surface area contributed by atoms with Crippen molar-refractivity contribution in [3.8, 4) is 0 Å². The third-order valence-corrected chi connectivity index (χ3v) is 4.24. The molecule has 0 fully saturated rings. The number of rotatable bonds is 6. The summed E-state index contributed by atoms with van der Waals surface area (Å²) in [5.74, 6) is 0. The van der Waals surface area contributed by atoms with Crippen LogP contribution in [0.15, 0.2) is 48.5 Å². The molecule has 2 aromatic carbocycles. The molecule has 1 N–H and O–H groups in total. The fraction of sp³-hybridized carbons (Fsp3) is 0.368. The fourth-order valence-electron chi connectivity index (χ4n) is 3.16. The first-order valence-electron chi connectivity index (χ1n) is 7.78. The monoisotopic (exact) mass is 281 g/mol. The zero-order valence-electron chi connectivity index (χ0n) is 12.6. The Morgan fingerprint density at radius 1 is 0.952 bits per heavy atom. The lowest BCUT2D eigenvalue weighted by Gasteiger charge is -2.29. The Morgan fingerprint density at radius 3 is 2.19 bits per heavy atom. The smallest absolute Gasteiger partial charge is 0.0582 e. The first-order valence-corrected chi connectivity index (χ1v) is 7.78. The van der Waals surface area contributed by atoms with Gasteiger partial charge >= 0.3 is 0 Å². The fourth-order valence-corrected chi connectivity index (χ4v) is 3.16. The van der Waals surface area contributed by atoms with Crippen molar-refractivity contribution in [2.24, 2.45) is 0 Å². The van der Waals surface area contributed by atoms with Crippen LogP contribution in [-0.2, 0) is 11.2 Å². The highest BCUT2D eigenvalue weighted by atomic mass is 16.5. The summed E-state index contributed by atoms with van der Waals surface area (Å²) in [6, 6.07) is 17.9. The molecule has 21 heavy (non-hydrogen) atoms. The second-order valence-corrected chi connectivity index (χ2v) is 5.66. The van der Waals surface area contributed by atoms with Crippen LogP contribution in [0.5, 0.6) is 0 Å². The average Bonchev–Trinajstić information content (AvgIpc) is 2.53. The highest BCUT2D eigenvalue weighted by Crippen LogP contribution is 2.34. The largest absolute Gasteiger partial charge is 0.385 e. The van der Waals surface area contributed by atoms with Crippen LogP contribution in [0, 0.1) is 0 Å².